The van der Waals surface area contributed by atoms with Gasteiger partial charge in [-0.05, 0) is 49.7 Å². The number of benzene rings is 1. The normalized spacial score (nSPS) is 36.4. The number of ether oxygens (including phenoxy) is 2. The summed E-state index contributed by atoms with van der Waals surface area (Å²) in [7, 11) is 0. The average Bonchev–Trinajstić information content (AvgIpc) is 3.17. The molecule has 168 valence electrons. The van der Waals surface area contributed by atoms with Crippen molar-refractivity contribution < 1.29 is 24.2 Å². The van der Waals surface area contributed by atoms with Crippen molar-refractivity contribution in [3.63, 3.8) is 0 Å². The van der Waals surface area contributed by atoms with Crippen LogP contribution in [0, 0.1) is 0 Å². The van der Waals surface area contributed by atoms with E-state index in [1.807, 2.05) is 6.92 Å². The Morgan fingerprint density at radius 1 is 1.16 bits per heavy atom. The van der Waals surface area contributed by atoms with Gasteiger partial charge in [-0.3, -0.25) is 4.79 Å². The number of carbonyl (C=O) groups excluding carboxylic acids is 2. The largest absolute Gasteiger partial charge is 0.459 e. The molecule has 5 atom stereocenters. The maximum absolute atomic E-state index is 12.6. The Hall–Kier alpha value is -1.83. The van der Waals surface area contributed by atoms with Crippen LogP contribution in [-0.2, 0) is 20.7 Å². The van der Waals surface area contributed by atoms with Crippen LogP contribution in [0.4, 0.5) is 4.79 Å². The topological polar surface area (TPSA) is 84.9 Å². The number of hydrogen-bond donors (Lipinski definition) is 2. The second-order valence-corrected chi connectivity index (χ2v) is 10.0. The third-order valence-corrected chi connectivity index (χ3v) is 7.46. The molecular formula is C24H31NO5S. The molecule has 7 heteroatoms. The quantitative estimate of drug-likeness (QED) is 0.634. The van der Waals surface area contributed by atoms with E-state index in [9.17, 15) is 14.7 Å². The molecule has 0 aliphatic carbocycles. The molecular weight excluding hydrogens is 414 g/mol. The van der Waals surface area contributed by atoms with Gasteiger partial charge in [-0.2, -0.15) is 0 Å². The SMILES string of the molecule is C/C1=C/C(=O)OC2C[C@@H](CCC(C)c3ccccc3CC1)OC(O)(C1CSC(=O)N1)C2. The van der Waals surface area contributed by atoms with Crippen LogP contribution in [0.1, 0.15) is 63.0 Å². The molecule has 31 heavy (non-hydrogen) atoms. The highest BCUT2D eigenvalue weighted by atomic mass is 32.2. The molecule has 2 bridgehead atoms. The number of carbonyl (C=O) groups is 2. The Morgan fingerprint density at radius 3 is 2.74 bits per heavy atom. The van der Waals surface area contributed by atoms with E-state index in [4.69, 9.17) is 9.47 Å². The minimum atomic E-state index is -1.54. The van der Waals surface area contributed by atoms with Crippen LogP contribution in [0.25, 0.3) is 0 Å². The smallest absolute Gasteiger partial charge is 0.330 e. The lowest BCUT2D eigenvalue weighted by molar-refractivity contribution is -0.283. The van der Waals surface area contributed by atoms with E-state index in [1.165, 1.54) is 11.1 Å². The summed E-state index contributed by atoms with van der Waals surface area (Å²) in [6.07, 6.45) is 4.90. The van der Waals surface area contributed by atoms with E-state index in [1.54, 1.807) is 6.08 Å². The van der Waals surface area contributed by atoms with Crippen molar-refractivity contribution in [1.82, 2.24) is 5.32 Å². The van der Waals surface area contributed by atoms with Crippen molar-refractivity contribution in [1.29, 1.82) is 0 Å². The molecule has 0 spiro atoms. The van der Waals surface area contributed by atoms with Crippen LogP contribution in [-0.4, -0.2) is 46.1 Å². The third-order valence-electron chi connectivity index (χ3n) is 6.58. The van der Waals surface area contributed by atoms with Gasteiger partial charge in [0.15, 0.2) is 5.79 Å². The van der Waals surface area contributed by atoms with Gasteiger partial charge < -0.3 is 19.9 Å². The Kier molecular flexibility index (Phi) is 6.74. The number of esters is 1. The molecule has 1 amide bonds. The minimum Gasteiger partial charge on any atom is -0.459 e. The first-order valence-electron chi connectivity index (χ1n) is 11.1. The second-order valence-electron chi connectivity index (χ2n) is 9.05. The summed E-state index contributed by atoms with van der Waals surface area (Å²) in [5.74, 6) is -1.13. The summed E-state index contributed by atoms with van der Waals surface area (Å²) < 4.78 is 11.9. The number of amides is 1. The van der Waals surface area contributed by atoms with Crippen LogP contribution in [0.5, 0.6) is 0 Å². The number of aliphatic hydroxyl groups is 1. The van der Waals surface area contributed by atoms with E-state index in [2.05, 4.69) is 36.5 Å². The lowest BCUT2D eigenvalue weighted by Crippen LogP contribution is -2.58. The molecule has 1 aromatic rings. The highest BCUT2D eigenvalue weighted by molar-refractivity contribution is 8.14. The Morgan fingerprint density at radius 2 is 1.97 bits per heavy atom. The van der Waals surface area contributed by atoms with Crippen molar-refractivity contribution in [2.24, 2.45) is 0 Å². The van der Waals surface area contributed by atoms with Crippen LogP contribution >= 0.6 is 11.8 Å². The number of allylic oxidation sites excluding steroid dienone is 1. The Bertz CT molecular complexity index is 871. The summed E-state index contributed by atoms with van der Waals surface area (Å²) >= 11 is 1.14. The predicted molar refractivity (Wildman–Crippen MR) is 120 cm³/mol. The number of thioether (sulfide) groups is 1. The molecule has 2 saturated heterocycles. The van der Waals surface area contributed by atoms with Crippen molar-refractivity contribution in [2.75, 3.05) is 5.75 Å². The standard InChI is InChI=1S/C24H31NO5S/c1-15-7-9-17-5-3-4-6-20(17)16(2)8-10-18-12-19(29-22(26)11-15)13-24(28,30-18)21-14-31-23(27)25-21/h3-6,11,16,18-19,21,28H,7-10,12-14H2,1-2H3,(H,25,27)/b15-11-/t16?,18-,19?,21?,24?/m1/s1. The summed E-state index contributed by atoms with van der Waals surface area (Å²) in [6, 6.07) is 7.97. The first-order chi connectivity index (χ1) is 14.8. The zero-order valence-electron chi connectivity index (χ0n) is 18.1. The summed E-state index contributed by atoms with van der Waals surface area (Å²) in [5.41, 5.74) is 3.61. The lowest BCUT2D eigenvalue weighted by Gasteiger charge is -2.43. The number of nitrogens with one attached hydrogen (secondary N) is 1. The van der Waals surface area contributed by atoms with Crippen molar-refractivity contribution in [2.45, 2.75) is 82.3 Å². The van der Waals surface area contributed by atoms with Crippen LogP contribution < -0.4 is 5.32 Å². The van der Waals surface area contributed by atoms with Crippen LogP contribution in [0.15, 0.2) is 35.9 Å². The fourth-order valence-electron chi connectivity index (χ4n) is 4.84. The lowest BCUT2D eigenvalue weighted by atomic mass is 9.86. The zero-order valence-corrected chi connectivity index (χ0v) is 19.0. The van der Waals surface area contributed by atoms with E-state index in [0.717, 1.165) is 43.0 Å². The van der Waals surface area contributed by atoms with Gasteiger partial charge in [0, 0.05) is 24.7 Å². The van der Waals surface area contributed by atoms with Crippen LogP contribution in [0.3, 0.4) is 0 Å². The molecule has 0 aromatic heterocycles. The molecule has 1 aromatic carbocycles. The number of hydrogen-bond acceptors (Lipinski definition) is 6. The Balaban J connectivity index is 1.60. The first kappa shape index (κ1) is 22.4. The van der Waals surface area contributed by atoms with Gasteiger partial charge in [-0.15, -0.1) is 0 Å². The number of aryl methyl sites for hydroxylation is 1. The van der Waals surface area contributed by atoms with E-state index in [0.29, 0.717) is 18.1 Å². The van der Waals surface area contributed by atoms with Gasteiger partial charge in [0.1, 0.15) is 6.10 Å². The second kappa shape index (κ2) is 9.35. The summed E-state index contributed by atoms with van der Waals surface area (Å²) in [4.78, 5) is 24.3. The molecule has 6 nitrogen and oxygen atoms in total. The molecule has 3 aliphatic heterocycles. The number of fused-ring (bicyclic) bond motifs is 3. The van der Waals surface area contributed by atoms with Gasteiger partial charge in [0.2, 0.25) is 0 Å². The van der Waals surface area contributed by atoms with Crippen molar-refractivity contribution in [3.8, 4) is 0 Å². The molecule has 4 rings (SSSR count). The predicted octanol–water partition coefficient (Wildman–Crippen LogP) is 4.07. The molecule has 0 radical (unpaired) electrons. The Labute approximate surface area is 187 Å². The molecule has 0 saturated carbocycles. The molecule has 3 heterocycles. The van der Waals surface area contributed by atoms with E-state index >= 15 is 0 Å². The van der Waals surface area contributed by atoms with Crippen molar-refractivity contribution in [3.05, 3.63) is 47.0 Å². The zero-order chi connectivity index (χ0) is 22.0. The average molecular weight is 446 g/mol. The highest BCUT2D eigenvalue weighted by Gasteiger charge is 2.49. The fourth-order valence-corrected chi connectivity index (χ4v) is 5.73. The molecule has 3 aliphatic rings. The molecule has 2 N–H and O–H groups in total. The third kappa shape index (κ3) is 5.33. The van der Waals surface area contributed by atoms with Gasteiger partial charge in [-0.1, -0.05) is 48.5 Å². The molecule has 2 fully saturated rings. The van der Waals surface area contributed by atoms with Gasteiger partial charge in [0.05, 0.1) is 12.1 Å². The van der Waals surface area contributed by atoms with Gasteiger partial charge in [0.25, 0.3) is 5.24 Å². The first-order valence-corrected chi connectivity index (χ1v) is 12.1. The summed E-state index contributed by atoms with van der Waals surface area (Å²) in [6.45, 7) is 4.18. The van der Waals surface area contributed by atoms with Crippen LogP contribution in [0.2, 0.25) is 0 Å². The van der Waals surface area contributed by atoms with Crippen molar-refractivity contribution >= 4 is 23.0 Å². The fraction of sp³-hybridized carbons (Fsp3) is 0.583. The van der Waals surface area contributed by atoms with Gasteiger partial charge >= 0.3 is 5.97 Å². The number of rotatable bonds is 1. The molecule has 4 unspecified atom stereocenters. The van der Waals surface area contributed by atoms with E-state index < -0.39 is 17.9 Å². The van der Waals surface area contributed by atoms with Gasteiger partial charge in [-0.25, -0.2) is 4.79 Å². The monoisotopic (exact) mass is 445 g/mol. The maximum atomic E-state index is 12.6. The minimum absolute atomic E-state index is 0.159. The highest BCUT2D eigenvalue weighted by Crippen LogP contribution is 2.38. The summed E-state index contributed by atoms with van der Waals surface area (Å²) in [5, 5.41) is 13.9. The maximum Gasteiger partial charge on any atom is 0.330 e. The van der Waals surface area contributed by atoms with E-state index in [-0.39, 0.29) is 23.7 Å².